The van der Waals surface area contributed by atoms with Gasteiger partial charge in [-0.3, -0.25) is 4.74 Å². The molecule has 41 heavy (non-hydrogen) atoms. The van der Waals surface area contributed by atoms with Crippen LogP contribution in [-0.4, -0.2) is 117 Å². The summed E-state index contributed by atoms with van der Waals surface area (Å²) < 4.78 is 159. The second-order valence-electron chi connectivity index (χ2n) is 9.38. The van der Waals surface area contributed by atoms with Crippen molar-refractivity contribution in [2.75, 3.05) is 59.5 Å². The fraction of sp³-hybridized carbons (Fsp3) is 1.00. The number of halogens is 10. The number of hydrogen-bond donors (Lipinski definition) is 3. The van der Waals surface area contributed by atoms with Crippen molar-refractivity contribution in [3.8, 4) is 0 Å². The monoisotopic (exact) mass is 632 g/mol. The van der Waals surface area contributed by atoms with E-state index in [0.29, 0.717) is 12.8 Å². The third kappa shape index (κ3) is 22.2. The minimum Gasteiger partial charge on any atom is -0.394 e. The summed E-state index contributed by atoms with van der Waals surface area (Å²) in [6.45, 7) is -6.01. The Morgan fingerprint density at radius 1 is 0.610 bits per heavy atom. The van der Waals surface area contributed by atoms with Crippen LogP contribution in [0.15, 0.2) is 0 Å². The molecule has 0 rings (SSSR count). The van der Waals surface area contributed by atoms with E-state index >= 15 is 0 Å². The first-order valence-corrected chi connectivity index (χ1v) is 12.6. The largest absolute Gasteiger partial charge is 0.394 e. The van der Waals surface area contributed by atoms with E-state index in [4.69, 9.17) is 14.6 Å². The zero-order valence-electron chi connectivity index (χ0n) is 22.4. The van der Waals surface area contributed by atoms with Crippen molar-refractivity contribution in [3.63, 3.8) is 0 Å². The molecular formula is C23H38F10O8. The molecule has 0 aromatic carbocycles. The van der Waals surface area contributed by atoms with E-state index in [1.165, 1.54) is 0 Å². The van der Waals surface area contributed by atoms with E-state index in [0.717, 1.165) is 0 Å². The highest BCUT2D eigenvalue weighted by atomic mass is 19.3. The lowest BCUT2D eigenvalue weighted by Gasteiger charge is -2.29. The maximum atomic E-state index is 13.8. The minimum atomic E-state index is -5.36. The third-order valence-electron chi connectivity index (χ3n) is 4.84. The smallest absolute Gasteiger partial charge is 0.366 e. The molecule has 0 aromatic heterocycles. The minimum absolute atomic E-state index is 0.0747. The molecule has 3 N–H and O–H groups in total. The lowest BCUT2D eigenvalue weighted by Crippen LogP contribution is -2.43. The van der Waals surface area contributed by atoms with E-state index < -0.39 is 101 Å². The molecule has 0 spiro atoms. The van der Waals surface area contributed by atoms with Crippen LogP contribution in [0.1, 0.15) is 45.4 Å². The number of hydrogen-bond acceptors (Lipinski definition) is 8. The zero-order chi connectivity index (χ0) is 31.8. The normalized spacial score (nSPS) is 15.4. The van der Waals surface area contributed by atoms with E-state index in [-0.39, 0.29) is 26.2 Å². The second kappa shape index (κ2) is 18.6. The van der Waals surface area contributed by atoms with Gasteiger partial charge in [0.15, 0.2) is 0 Å². The van der Waals surface area contributed by atoms with Gasteiger partial charge in [-0.1, -0.05) is 19.8 Å². The van der Waals surface area contributed by atoms with Crippen LogP contribution in [0, 0.1) is 0 Å². The molecule has 0 aliphatic carbocycles. The van der Waals surface area contributed by atoms with Crippen LogP contribution < -0.4 is 0 Å². The third-order valence-corrected chi connectivity index (χ3v) is 4.84. The Bertz CT molecular complexity index is 689. The molecule has 0 radical (unpaired) electrons. The van der Waals surface area contributed by atoms with Gasteiger partial charge in [0.05, 0.1) is 45.7 Å². The summed E-state index contributed by atoms with van der Waals surface area (Å²) in [6.07, 6.45) is -18.1. The van der Waals surface area contributed by atoms with Gasteiger partial charge in [0.1, 0.15) is 38.8 Å². The Morgan fingerprint density at radius 2 is 1.07 bits per heavy atom. The van der Waals surface area contributed by atoms with Gasteiger partial charge in [0.2, 0.25) is 0 Å². The maximum absolute atomic E-state index is 13.8. The number of aliphatic hydroxyl groups excluding tert-OH is 3. The topological polar surface area (TPSA) is 107 Å². The Hall–Kier alpha value is -1.02. The predicted octanol–water partition coefficient (Wildman–Crippen LogP) is 4.24. The molecule has 2 atom stereocenters. The molecule has 0 saturated carbocycles. The van der Waals surface area contributed by atoms with Gasteiger partial charge in [-0.05, 0) is 6.42 Å². The molecule has 18 heteroatoms. The number of unbranched alkanes of at least 4 members (excludes halogenated alkanes) is 1. The lowest BCUT2D eigenvalue weighted by molar-refractivity contribution is -0.398. The molecule has 0 aromatic rings. The van der Waals surface area contributed by atoms with Crippen molar-refractivity contribution in [2.24, 2.45) is 0 Å². The van der Waals surface area contributed by atoms with Crippen LogP contribution in [-0.2, 0) is 23.7 Å². The van der Waals surface area contributed by atoms with Gasteiger partial charge in [0.25, 0.3) is 17.8 Å². The summed E-state index contributed by atoms with van der Waals surface area (Å²) in [5.74, 6) is -12.9. The van der Waals surface area contributed by atoms with Gasteiger partial charge < -0.3 is 34.3 Å². The fourth-order valence-electron chi connectivity index (χ4n) is 3.06. The molecular weight excluding hydrogens is 594 g/mol. The predicted molar refractivity (Wildman–Crippen MR) is 122 cm³/mol. The molecule has 0 aliphatic heterocycles. The summed E-state index contributed by atoms with van der Waals surface area (Å²) in [4.78, 5) is 0. The Balaban J connectivity index is 4.56. The molecule has 8 nitrogen and oxygen atoms in total. The Kier molecular flexibility index (Phi) is 18.1. The van der Waals surface area contributed by atoms with E-state index in [9.17, 15) is 54.1 Å². The molecule has 0 fully saturated rings. The van der Waals surface area contributed by atoms with Crippen molar-refractivity contribution in [2.45, 2.75) is 87.6 Å². The summed E-state index contributed by atoms with van der Waals surface area (Å²) in [7, 11) is 0. The SMILES string of the molecule is CCCCC(O)COCC(F)(F)CC(F)(F)OC(F)(F)CC(F)(F)COCC(F)(F)CCOCC(O)COCCO. The first kappa shape index (κ1) is 40.0. The molecule has 0 aliphatic rings. The average Bonchev–Trinajstić information content (AvgIpc) is 2.77. The Labute approximate surface area is 230 Å². The highest BCUT2D eigenvalue weighted by molar-refractivity contribution is 4.77. The summed E-state index contributed by atoms with van der Waals surface area (Å²) in [6, 6.07) is 0. The molecule has 2 unspecified atom stereocenters. The molecule has 0 saturated heterocycles. The quantitative estimate of drug-likeness (QED) is 0.0962. The molecule has 248 valence electrons. The number of aliphatic hydroxyl groups is 3. The highest BCUT2D eigenvalue weighted by Crippen LogP contribution is 2.40. The summed E-state index contributed by atoms with van der Waals surface area (Å²) in [5.41, 5.74) is 0. The average molecular weight is 633 g/mol. The van der Waals surface area contributed by atoms with Crippen molar-refractivity contribution < 1.29 is 82.9 Å². The fourth-order valence-corrected chi connectivity index (χ4v) is 3.06. The van der Waals surface area contributed by atoms with Gasteiger partial charge in [0, 0.05) is 6.42 Å². The summed E-state index contributed by atoms with van der Waals surface area (Å²) >= 11 is 0. The van der Waals surface area contributed by atoms with Gasteiger partial charge in [-0.2, -0.15) is 17.6 Å². The van der Waals surface area contributed by atoms with Gasteiger partial charge in [-0.25, -0.2) is 26.3 Å². The molecule has 0 bridgehead atoms. The van der Waals surface area contributed by atoms with Crippen LogP contribution >= 0.6 is 0 Å². The van der Waals surface area contributed by atoms with Crippen LogP contribution in [0.5, 0.6) is 0 Å². The Morgan fingerprint density at radius 3 is 1.59 bits per heavy atom. The molecule has 0 heterocycles. The lowest BCUT2D eigenvalue weighted by atomic mass is 10.2. The van der Waals surface area contributed by atoms with Crippen molar-refractivity contribution in [3.05, 3.63) is 0 Å². The van der Waals surface area contributed by atoms with Crippen LogP contribution in [0.4, 0.5) is 43.9 Å². The van der Waals surface area contributed by atoms with Gasteiger partial charge >= 0.3 is 12.2 Å². The number of alkyl halides is 10. The van der Waals surface area contributed by atoms with Crippen LogP contribution in [0.2, 0.25) is 0 Å². The summed E-state index contributed by atoms with van der Waals surface area (Å²) in [5, 5.41) is 27.4. The second-order valence-corrected chi connectivity index (χ2v) is 9.38. The van der Waals surface area contributed by atoms with Gasteiger partial charge in [-0.15, -0.1) is 0 Å². The first-order chi connectivity index (χ1) is 18.7. The van der Waals surface area contributed by atoms with Crippen LogP contribution in [0.3, 0.4) is 0 Å². The van der Waals surface area contributed by atoms with Crippen molar-refractivity contribution in [1.29, 1.82) is 0 Å². The van der Waals surface area contributed by atoms with E-state index in [1.54, 1.807) is 6.92 Å². The van der Waals surface area contributed by atoms with E-state index in [1.807, 2.05) is 0 Å². The maximum Gasteiger partial charge on any atom is 0.366 e. The van der Waals surface area contributed by atoms with Crippen molar-refractivity contribution >= 4 is 0 Å². The van der Waals surface area contributed by atoms with E-state index in [2.05, 4.69) is 14.2 Å². The molecule has 0 amide bonds. The number of rotatable bonds is 26. The first-order valence-electron chi connectivity index (χ1n) is 12.6. The van der Waals surface area contributed by atoms with Crippen LogP contribution in [0.25, 0.3) is 0 Å². The highest BCUT2D eigenvalue weighted by Gasteiger charge is 2.54. The zero-order valence-corrected chi connectivity index (χ0v) is 22.4. The number of ether oxygens (including phenoxy) is 5. The standard InChI is InChI=1S/C23H38F10O8/c1-2-3-4-17(35)9-39-15-20(26,27)12-22(30,31)41-23(32,33)13-21(28,29)16-40-14-19(24,25)5-7-37-10-18(36)11-38-8-6-34/h17-18,34-36H,2-16H2,1H3. The van der Waals surface area contributed by atoms with Crippen molar-refractivity contribution in [1.82, 2.24) is 0 Å².